The van der Waals surface area contributed by atoms with Gasteiger partial charge in [-0.05, 0) is 36.2 Å². The number of benzene rings is 2. The van der Waals surface area contributed by atoms with Crippen LogP contribution in [0, 0.1) is 0 Å². The molecule has 4 N–H and O–H groups in total. The van der Waals surface area contributed by atoms with Gasteiger partial charge in [-0.2, -0.15) is 0 Å². The molecule has 0 unspecified atom stereocenters. The van der Waals surface area contributed by atoms with Crippen LogP contribution < -0.4 is 20.4 Å². The number of carbonyl (C=O) groups excluding carboxylic acids is 2. The Labute approximate surface area is 176 Å². The largest absolute Gasteiger partial charge is 0.321 e. The second kappa shape index (κ2) is 10.4. The minimum atomic E-state index is -0.0369. The molecule has 0 radical (unpaired) electrons. The summed E-state index contributed by atoms with van der Waals surface area (Å²) in [6.45, 7) is 6.44. The highest BCUT2D eigenvalue weighted by atomic mass is 35.5. The molecule has 0 atom stereocenters. The standard InChI is InChI=1S/C22H27ClN4O2/c1-2-17-6-5-7-18(14-17)24-21(28)15-26-10-12-27(13-11-26)16-22(29)25-20-9-4-3-8-19(20)23/h3-9,14H,2,10-13,15-16H2,1H3,(H,24,28)(H,25,29)/p+2. The number of amides is 2. The third-order valence-corrected chi connectivity index (χ3v) is 5.58. The lowest BCUT2D eigenvalue weighted by molar-refractivity contribution is -1.00. The summed E-state index contributed by atoms with van der Waals surface area (Å²) in [5.41, 5.74) is 2.71. The Morgan fingerprint density at radius 1 is 0.897 bits per heavy atom. The molecule has 6 nitrogen and oxygen atoms in total. The molecule has 1 aliphatic rings. The number of carbonyl (C=O) groups is 2. The second-order valence-corrected chi connectivity index (χ2v) is 7.89. The average Bonchev–Trinajstić information content (AvgIpc) is 2.71. The molecule has 1 fully saturated rings. The van der Waals surface area contributed by atoms with Crippen molar-refractivity contribution in [1.29, 1.82) is 0 Å². The zero-order chi connectivity index (χ0) is 20.6. The number of hydrogen-bond acceptors (Lipinski definition) is 2. The Hall–Kier alpha value is -2.41. The van der Waals surface area contributed by atoms with Crippen molar-refractivity contribution in [2.45, 2.75) is 13.3 Å². The molecule has 1 saturated heterocycles. The number of rotatable bonds is 7. The summed E-state index contributed by atoms with van der Waals surface area (Å²) in [7, 11) is 0. The first kappa shape index (κ1) is 21.3. The van der Waals surface area contributed by atoms with Crippen molar-refractivity contribution in [3.8, 4) is 0 Å². The Balaban J connectivity index is 1.40. The second-order valence-electron chi connectivity index (χ2n) is 7.48. The van der Waals surface area contributed by atoms with E-state index >= 15 is 0 Å². The van der Waals surface area contributed by atoms with Crippen LogP contribution in [0.15, 0.2) is 48.5 Å². The van der Waals surface area contributed by atoms with E-state index in [-0.39, 0.29) is 11.8 Å². The highest BCUT2D eigenvalue weighted by molar-refractivity contribution is 6.33. The molecular weight excluding hydrogens is 388 g/mol. The molecule has 7 heteroatoms. The van der Waals surface area contributed by atoms with Gasteiger partial charge >= 0.3 is 0 Å². The first-order valence-electron chi connectivity index (χ1n) is 10.1. The molecule has 29 heavy (non-hydrogen) atoms. The van der Waals surface area contributed by atoms with Crippen LogP contribution in [0.5, 0.6) is 0 Å². The van der Waals surface area contributed by atoms with Crippen molar-refractivity contribution in [2.75, 3.05) is 49.9 Å². The van der Waals surface area contributed by atoms with Crippen molar-refractivity contribution in [3.63, 3.8) is 0 Å². The molecule has 0 aromatic heterocycles. The van der Waals surface area contributed by atoms with Gasteiger partial charge in [0.15, 0.2) is 13.1 Å². The van der Waals surface area contributed by atoms with Gasteiger partial charge in [-0.25, -0.2) is 0 Å². The van der Waals surface area contributed by atoms with Gasteiger partial charge in [-0.1, -0.05) is 42.8 Å². The fraction of sp³-hybridized carbons (Fsp3) is 0.364. The molecule has 2 aromatic carbocycles. The van der Waals surface area contributed by atoms with E-state index in [2.05, 4.69) is 23.6 Å². The number of quaternary nitrogens is 2. The lowest BCUT2D eigenvalue weighted by Crippen LogP contribution is -3.28. The molecule has 0 bridgehead atoms. The summed E-state index contributed by atoms with van der Waals surface area (Å²) in [6, 6.07) is 15.2. The zero-order valence-corrected chi connectivity index (χ0v) is 17.5. The number of para-hydroxylation sites is 1. The van der Waals surface area contributed by atoms with Gasteiger partial charge in [0.1, 0.15) is 26.2 Å². The lowest BCUT2D eigenvalue weighted by Gasteiger charge is -2.29. The first-order valence-corrected chi connectivity index (χ1v) is 10.5. The topological polar surface area (TPSA) is 67.1 Å². The number of aryl methyl sites for hydroxylation is 1. The van der Waals surface area contributed by atoms with Gasteiger partial charge < -0.3 is 20.4 Å². The van der Waals surface area contributed by atoms with E-state index in [0.29, 0.717) is 23.8 Å². The fourth-order valence-corrected chi connectivity index (χ4v) is 3.78. The van der Waals surface area contributed by atoms with Crippen LogP contribution in [-0.2, 0) is 16.0 Å². The summed E-state index contributed by atoms with van der Waals surface area (Å²) in [5, 5.41) is 6.41. The smallest absolute Gasteiger partial charge is 0.279 e. The van der Waals surface area contributed by atoms with Gasteiger partial charge in [0, 0.05) is 5.69 Å². The summed E-state index contributed by atoms with van der Waals surface area (Å²) in [4.78, 5) is 27.1. The Kier molecular flexibility index (Phi) is 7.63. The predicted octanol–water partition coefficient (Wildman–Crippen LogP) is 0.263. The van der Waals surface area contributed by atoms with E-state index in [1.54, 1.807) is 12.1 Å². The van der Waals surface area contributed by atoms with Crippen LogP contribution in [0.3, 0.4) is 0 Å². The van der Waals surface area contributed by atoms with Crippen molar-refractivity contribution in [1.82, 2.24) is 0 Å². The minimum Gasteiger partial charge on any atom is -0.321 e. The Morgan fingerprint density at radius 2 is 1.52 bits per heavy atom. The highest BCUT2D eigenvalue weighted by Crippen LogP contribution is 2.19. The number of hydrogen-bond donors (Lipinski definition) is 4. The fourth-order valence-electron chi connectivity index (χ4n) is 3.60. The SMILES string of the molecule is CCc1cccc(NC(=O)C[NH+]2CC[NH+](CC(=O)Nc3ccccc3Cl)CC2)c1. The molecule has 3 rings (SSSR count). The predicted molar refractivity (Wildman–Crippen MR) is 116 cm³/mol. The van der Waals surface area contributed by atoms with Gasteiger partial charge in [-0.3, -0.25) is 9.59 Å². The van der Waals surface area contributed by atoms with Crippen molar-refractivity contribution >= 4 is 34.8 Å². The highest BCUT2D eigenvalue weighted by Gasteiger charge is 2.26. The van der Waals surface area contributed by atoms with Crippen molar-refractivity contribution in [3.05, 3.63) is 59.1 Å². The lowest BCUT2D eigenvalue weighted by atomic mass is 10.1. The quantitative estimate of drug-likeness (QED) is 0.523. The van der Waals surface area contributed by atoms with E-state index in [1.807, 2.05) is 30.3 Å². The summed E-state index contributed by atoms with van der Waals surface area (Å²) < 4.78 is 0. The maximum Gasteiger partial charge on any atom is 0.279 e. The van der Waals surface area contributed by atoms with Crippen molar-refractivity contribution < 1.29 is 19.4 Å². The van der Waals surface area contributed by atoms with Crippen LogP contribution in [0.25, 0.3) is 0 Å². The van der Waals surface area contributed by atoms with E-state index in [4.69, 9.17) is 11.6 Å². The van der Waals surface area contributed by atoms with Crippen LogP contribution in [0.2, 0.25) is 5.02 Å². The zero-order valence-electron chi connectivity index (χ0n) is 16.8. The molecular formula is C22H29ClN4O2+2. The van der Waals surface area contributed by atoms with Gasteiger partial charge in [0.25, 0.3) is 11.8 Å². The van der Waals surface area contributed by atoms with E-state index < -0.39 is 0 Å². The molecule has 2 amide bonds. The van der Waals surface area contributed by atoms with Crippen LogP contribution in [0.4, 0.5) is 11.4 Å². The summed E-state index contributed by atoms with van der Waals surface area (Å²) in [6.07, 6.45) is 0.948. The molecule has 1 heterocycles. The molecule has 2 aromatic rings. The van der Waals surface area contributed by atoms with Crippen LogP contribution in [0.1, 0.15) is 12.5 Å². The average molecular weight is 417 g/mol. The first-order chi connectivity index (χ1) is 14.0. The number of nitrogens with one attached hydrogen (secondary N) is 4. The number of anilines is 2. The summed E-state index contributed by atoms with van der Waals surface area (Å²) >= 11 is 6.09. The van der Waals surface area contributed by atoms with Crippen LogP contribution >= 0.6 is 11.6 Å². The normalized spacial score (nSPS) is 18.8. The van der Waals surface area contributed by atoms with Gasteiger partial charge in [-0.15, -0.1) is 0 Å². The molecule has 0 spiro atoms. The maximum absolute atomic E-state index is 12.4. The van der Waals surface area contributed by atoms with Gasteiger partial charge in [0.2, 0.25) is 0 Å². The minimum absolute atomic E-state index is 0.0353. The van der Waals surface area contributed by atoms with E-state index in [0.717, 1.165) is 38.3 Å². The summed E-state index contributed by atoms with van der Waals surface area (Å²) in [5.74, 6) is -0.00161. The molecule has 1 aliphatic heterocycles. The van der Waals surface area contributed by atoms with E-state index in [1.165, 1.54) is 15.4 Å². The molecule has 154 valence electrons. The number of piperazine rings is 1. The molecule has 0 saturated carbocycles. The monoisotopic (exact) mass is 416 g/mol. The Bertz CT molecular complexity index is 850. The third-order valence-electron chi connectivity index (χ3n) is 5.25. The Morgan fingerprint density at radius 3 is 2.14 bits per heavy atom. The van der Waals surface area contributed by atoms with Gasteiger partial charge in [0.05, 0.1) is 10.7 Å². The third kappa shape index (κ3) is 6.56. The van der Waals surface area contributed by atoms with Crippen LogP contribution in [-0.4, -0.2) is 51.1 Å². The number of halogens is 1. The molecule has 0 aliphatic carbocycles. The van der Waals surface area contributed by atoms with E-state index in [9.17, 15) is 9.59 Å². The maximum atomic E-state index is 12.4. The van der Waals surface area contributed by atoms with Crippen molar-refractivity contribution in [2.24, 2.45) is 0 Å².